The van der Waals surface area contributed by atoms with E-state index in [1.165, 1.54) is 0 Å². The van der Waals surface area contributed by atoms with Gasteiger partial charge in [-0.15, -0.1) is 0 Å². The number of hydrogen-bond acceptors (Lipinski definition) is 4. The van der Waals surface area contributed by atoms with Crippen molar-refractivity contribution >= 4 is 15.8 Å². The van der Waals surface area contributed by atoms with E-state index < -0.39 is 21.5 Å². The van der Waals surface area contributed by atoms with Crippen LogP contribution in [0.3, 0.4) is 0 Å². The maximum Gasteiger partial charge on any atom is 0.270 e. The fraction of sp³-hybridized carbons (Fsp3) is 0.417. The van der Waals surface area contributed by atoms with Gasteiger partial charge in [0.1, 0.15) is 11.4 Å². The molecule has 0 aromatic heterocycles. The fourth-order valence-electron chi connectivity index (χ4n) is 2.22. The normalized spacial score (nSPS) is 22.4. The van der Waals surface area contributed by atoms with Crippen LogP contribution in [0.15, 0.2) is 35.5 Å². The summed E-state index contributed by atoms with van der Waals surface area (Å²) in [5.41, 5.74) is 0.623. The van der Waals surface area contributed by atoms with E-state index in [4.69, 9.17) is 9.39 Å². The number of oxime groups is 1. The van der Waals surface area contributed by atoms with Gasteiger partial charge in [0.25, 0.3) is 10.1 Å². The molecule has 1 N–H and O–H groups in total. The van der Waals surface area contributed by atoms with Crippen LogP contribution in [0.1, 0.15) is 25.3 Å². The van der Waals surface area contributed by atoms with Gasteiger partial charge < -0.3 is 4.84 Å². The highest BCUT2D eigenvalue weighted by Gasteiger charge is 2.43. The lowest BCUT2D eigenvalue weighted by molar-refractivity contribution is 0.00188. The monoisotopic (exact) mass is 269 g/mol. The largest absolute Gasteiger partial charge is 0.389 e. The van der Waals surface area contributed by atoms with Crippen LogP contribution in [0, 0.1) is 0 Å². The number of nitrogens with zero attached hydrogens (tertiary/aromatic N) is 1. The van der Waals surface area contributed by atoms with Crippen LogP contribution in [0.2, 0.25) is 0 Å². The average molecular weight is 269 g/mol. The van der Waals surface area contributed by atoms with Gasteiger partial charge in [0.05, 0.1) is 11.6 Å². The highest BCUT2D eigenvalue weighted by atomic mass is 32.2. The molecule has 0 saturated carbocycles. The molecule has 0 fully saturated rings. The summed E-state index contributed by atoms with van der Waals surface area (Å²) < 4.78 is 30.9. The van der Waals surface area contributed by atoms with Crippen LogP contribution in [0.25, 0.3) is 0 Å². The van der Waals surface area contributed by atoms with Crippen LogP contribution in [0.4, 0.5) is 0 Å². The molecule has 0 radical (unpaired) electrons. The van der Waals surface area contributed by atoms with Crippen LogP contribution in [-0.4, -0.2) is 30.0 Å². The molecule has 0 amide bonds. The number of benzene rings is 1. The Bertz CT molecular complexity index is 563. The van der Waals surface area contributed by atoms with E-state index >= 15 is 0 Å². The topological polar surface area (TPSA) is 76.0 Å². The molecule has 1 atom stereocenters. The van der Waals surface area contributed by atoms with Gasteiger partial charge >= 0.3 is 0 Å². The van der Waals surface area contributed by atoms with Crippen LogP contribution >= 0.6 is 0 Å². The average Bonchev–Trinajstić information content (AvgIpc) is 2.53. The SMILES string of the molecule is CC1(C)ON=C(CS(=O)(=O)O)C1c1ccccc1. The molecule has 0 spiro atoms. The first-order valence-corrected chi connectivity index (χ1v) is 7.15. The smallest absolute Gasteiger partial charge is 0.270 e. The summed E-state index contributed by atoms with van der Waals surface area (Å²) in [6.07, 6.45) is 0. The van der Waals surface area contributed by atoms with Crippen molar-refractivity contribution in [2.45, 2.75) is 25.4 Å². The molecule has 18 heavy (non-hydrogen) atoms. The Morgan fingerprint density at radius 2 is 1.94 bits per heavy atom. The van der Waals surface area contributed by atoms with Crippen LogP contribution in [-0.2, 0) is 15.0 Å². The minimum atomic E-state index is -4.11. The van der Waals surface area contributed by atoms with E-state index in [9.17, 15) is 8.42 Å². The predicted molar refractivity (Wildman–Crippen MR) is 68.2 cm³/mol. The van der Waals surface area contributed by atoms with Gasteiger partial charge in [-0.05, 0) is 19.4 Å². The molecule has 1 aliphatic heterocycles. The Morgan fingerprint density at radius 3 is 2.50 bits per heavy atom. The molecular formula is C12H15NO4S. The second kappa shape index (κ2) is 4.37. The van der Waals surface area contributed by atoms with E-state index in [2.05, 4.69) is 5.16 Å². The number of hydrogen-bond donors (Lipinski definition) is 1. The van der Waals surface area contributed by atoms with Gasteiger partial charge in [0.2, 0.25) is 0 Å². The van der Waals surface area contributed by atoms with Crippen molar-refractivity contribution in [1.29, 1.82) is 0 Å². The molecule has 0 bridgehead atoms. The highest BCUT2D eigenvalue weighted by molar-refractivity contribution is 7.86. The Kier molecular flexibility index (Phi) is 3.16. The van der Waals surface area contributed by atoms with Gasteiger partial charge in [0, 0.05) is 0 Å². The zero-order valence-corrected chi connectivity index (χ0v) is 11.0. The first kappa shape index (κ1) is 13.0. The molecule has 1 aliphatic rings. The third kappa shape index (κ3) is 2.70. The predicted octanol–water partition coefficient (Wildman–Crippen LogP) is 1.82. The molecule has 98 valence electrons. The summed E-state index contributed by atoms with van der Waals surface area (Å²) in [5.74, 6) is -0.781. The molecule has 0 aliphatic carbocycles. The summed E-state index contributed by atoms with van der Waals surface area (Å²) in [4.78, 5) is 5.28. The van der Waals surface area contributed by atoms with Crippen LogP contribution in [0.5, 0.6) is 0 Å². The molecule has 1 aromatic carbocycles. The summed E-state index contributed by atoms with van der Waals surface area (Å²) in [7, 11) is -4.11. The second-order valence-corrected chi connectivity index (χ2v) is 6.30. The van der Waals surface area contributed by atoms with E-state index in [1.807, 2.05) is 44.2 Å². The Balaban J connectivity index is 2.37. The molecule has 0 saturated heterocycles. The Labute approximate surface area is 106 Å². The molecule has 1 heterocycles. The van der Waals surface area contributed by atoms with Gasteiger partial charge in [0.15, 0.2) is 0 Å². The lowest BCUT2D eigenvalue weighted by Crippen LogP contribution is -2.33. The molecule has 1 unspecified atom stereocenters. The summed E-state index contributed by atoms with van der Waals surface area (Å²) >= 11 is 0. The van der Waals surface area contributed by atoms with E-state index in [1.54, 1.807) is 0 Å². The highest BCUT2D eigenvalue weighted by Crippen LogP contribution is 2.37. The van der Waals surface area contributed by atoms with Crippen molar-refractivity contribution in [3.63, 3.8) is 0 Å². The third-order valence-electron chi connectivity index (χ3n) is 2.89. The summed E-state index contributed by atoms with van der Waals surface area (Å²) in [5, 5.41) is 3.81. The zero-order valence-electron chi connectivity index (χ0n) is 10.2. The second-order valence-electron chi connectivity index (χ2n) is 4.85. The first-order chi connectivity index (χ1) is 8.30. The number of rotatable bonds is 3. The summed E-state index contributed by atoms with van der Waals surface area (Å²) in [6, 6.07) is 9.40. The Hall–Kier alpha value is -1.40. The molecule has 1 aromatic rings. The van der Waals surface area contributed by atoms with Gasteiger partial charge in [-0.3, -0.25) is 4.55 Å². The van der Waals surface area contributed by atoms with E-state index in [-0.39, 0.29) is 5.92 Å². The Morgan fingerprint density at radius 1 is 1.33 bits per heavy atom. The lowest BCUT2D eigenvalue weighted by Gasteiger charge is -2.25. The van der Waals surface area contributed by atoms with E-state index in [0.717, 1.165) is 5.56 Å². The van der Waals surface area contributed by atoms with Crippen molar-refractivity contribution in [2.24, 2.45) is 5.16 Å². The lowest BCUT2D eigenvalue weighted by atomic mass is 9.82. The minimum Gasteiger partial charge on any atom is -0.389 e. The van der Waals surface area contributed by atoms with Gasteiger partial charge in [-0.2, -0.15) is 8.42 Å². The van der Waals surface area contributed by atoms with E-state index in [0.29, 0.717) is 5.71 Å². The summed E-state index contributed by atoms with van der Waals surface area (Å²) in [6.45, 7) is 3.68. The van der Waals surface area contributed by atoms with Crippen molar-refractivity contribution in [1.82, 2.24) is 0 Å². The molecular weight excluding hydrogens is 254 g/mol. The first-order valence-electron chi connectivity index (χ1n) is 5.55. The van der Waals surface area contributed by atoms with Gasteiger partial charge in [-0.25, -0.2) is 0 Å². The van der Waals surface area contributed by atoms with Gasteiger partial charge in [-0.1, -0.05) is 35.5 Å². The van der Waals surface area contributed by atoms with Crippen molar-refractivity contribution in [3.8, 4) is 0 Å². The third-order valence-corrected chi connectivity index (χ3v) is 3.55. The zero-order chi connectivity index (χ0) is 13.4. The fourth-order valence-corrected chi connectivity index (χ4v) is 2.81. The van der Waals surface area contributed by atoms with Crippen LogP contribution < -0.4 is 0 Å². The minimum absolute atomic E-state index is 0.277. The maximum atomic E-state index is 11.0. The molecule has 5 nitrogen and oxygen atoms in total. The maximum absolute atomic E-state index is 11.0. The molecule has 6 heteroatoms. The standard InChI is InChI=1S/C12H15NO4S/c1-12(2)11(9-6-4-3-5-7-9)10(13-17-12)8-18(14,15)16/h3-7,11H,8H2,1-2H3,(H,14,15,16). The van der Waals surface area contributed by atoms with Crippen molar-refractivity contribution in [3.05, 3.63) is 35.9 Å². The van der Waals surface area contributed by atoms with Crippen molar-refractivity contribution < 1.29 is 17.8 Å². The molecule has 2 rings (SSSR count). The quantitative estimate of drug-likeness (QED) is 0.849. The van der Waals surface area contributed by atoms with Crippen molar-refractivity contribution in [2.75, 3.05) is 5.75 Å².